The normalized spacial score (nSPS) is 16.0. The van der Waals surface area contributed by atoms with Crippen molar-refractivity contribution in [3.05, 3.63) is 123 Å². The van der Waals surface area contributed by atoms with Gasteiger partial charge in [0.25, 0.3) is 5.91 Å². The molecule has 0 saturated carbocycles. The molecule has 2 aromatic heterocycles. The first-order valence-electron chi connectivity index (χ1n) is 20.8. The van der Waals surface area contributed by atoms with Crippen LogP contribution in [0.15, 0.2) is 90.4 Å². The first-order valence-corrected chi connectivity index (χ1v) is 22.5. The number of aliphatic hydroxyl groups is 1. The number of amides is 5. The van der Waals surface area contributed by atoms with Gasteiger partial charge in [-0.3, -0.25) is 19.2 Å². The molecule has 7 rings (SSSR count). The summed E-state index contributed by atoms with van der Waals surface area (Å²) < 4.78 is 11.2. The monoisotopic (exact) mass is 902 g/mol. The smallest absolute Gasteiger partial charge is 0.407 e. The largest absolute Gasteiger partial charge is 0.449 e. The number of fused-ring (bicyclic) bond motifs is 3. The molecule has 0 spiro atoms. The van der Waals surface area contributed by atoms with Gasteiger partial charge in [0.05, 0.1) is 46.8 Å². The fourth-order valence-electron chi connectivity index (χ4n) is 7.86. The average Bonchev–Trinajstić information content (AvgIpc) is 4.11. The number of carbonyl (C=O) groups is 5. The first kappa shape index (κ1) is 45.6. The Labute approximate surface area is 379 Å². The molecule has 3 atom stereocenters. The number of likely N-dealkylation sites (tertiary alicyclic amines) is 1. The van der Waals surface area contributed by atoms with Gasteiger partial charge in [-0.05, 0) is 50.9 Å². The Morgan fingerprint density at radius 2 is 1.62 bits per heavy atom. The second-order valence-corrected chi connectivity index (χ2v) is 18.7. The maximum atomic E-state index is 14.2. The Balaban J connectivity index is 0.903. The van der Waals surface area contributed by atoms with Gasteiger partial charge in [-0.25, -0.2) is 9.78 Å². The molecule has 3 heterocycles. The van der Waals surface area contributed by atoms with Crippen LogP contribution in [0.2, 0.25) is 0 Å². The van der Waals surface area contributed by atoms with E-state index < -0.39 is 47.4 Å². The van der Waals surface area contributed by atoms with Crippen molar-refractivity contribution in [1.82, 2.24) is 31.2 Å². The van der Waals surface area contributed by atoms with E-state index in [1.54, 1.807) is 17.6 Å². The van der Waals surface area contributed by atoms with Crippen molar-refractivity contribution in [2.45, 2.75) is 71.0 Å². The zero-order chi connectivity index (χ0) is 45.4. The Bertz CT molecular complexity index is 2500. The van der Waals surface area contributed by atoms with E-state index in [0.717, 1.165) is 38.3 Å². The van der Waals surface area contributed by atoms with Crippen LogP contribution in [-0.2, 0) is 43.6 Å². The van der Waals surface area contributed by atoms with E-state index in [2.05, 4.69) is 56.4 Å². The number of hydrogen-bond acceptors (Lipinski definition) is 11. The van der Waals surface area contributed by atoms with Gasteiger partial charge in [0.15, 0.2) is 0 Å². The number of benzene rings is 3. The third-order valence-corrected chi connectivity index (χ3v) is 13.1. The number of aliphatic hydroxyl groups excluding tert-OH is 1. The second kappa shape index (κ2) is 20.4. The van der Waals surface area contributed by atoms with Gasteiger partial charge in [-0.15, -0.1) is 29.1 Å². The van der Waals surface area contributed by atoms with E-state index in [0.29, 0.717) is 15.4 Å². The standard InChI is InChI=1S/C48H50N6O8S2/c1-5-20-49-41(56)27-61-26-38-42(63-28-52-38)30-16-14-29(15-17-30)22-50-44(57)39-21-31(55)24-54(39)46(59)43(48(2,3)4)53-45(58)40-19-18-32(64-40)23-51-47(60)62-25-37-35-12-8-6-10-33(35)34-11-7-9-13-36(34)37/h1,6-19,28,31,37,39,43,55H,20-27H2,2-4H3,(H,49,56)(H,50,57)(H,51,60)(H,53,58)/t31-,39+,43-/m1/s1. The molecule has 2 aliphatic rings. The molecule has 0 bridgehead atoms. The molecule has 1 fully saturated rings. The van der Waals surface area contributed by atoms with Crippen LogP contribution in [-0.4, -0.2) is 89.2 Å². The van der Waals surface area contributed by atoms with Gasteiger partial charge in [-0.1, -0.05) is 99.5 Å². The van der Waals surface area contributed by atoms with E-state index >= 15 is 0 Å². The van der Waals surface area contributed by atoms with Crippen molar-refractivity contribution < 1.29 is 38.6 Å². The number of β-amino-alcohol motifs (C(OH)–C–C–N with tert-alkyl or cyclic N) is 1. The van der Waals surface area contributed by atoms with Crippen molar-refractivity contribution in [2.75, 3.05) is 26.3 Å². The lowest BCUT2D eigenvalue weighted by atomic mass is 9.85. The first-order chi connectivity index (χ1) is 30.8. The molecule has 64 heavy (non-hydrogen) atoms. The van der Waals surface area contributed by atoms with Crippen molar-refractivity contribution in [3.63, 3.8) is 0 Å². The zero-order valence-corrected chi connectivity index (χ0v) is 37.4. The Kier molecular flexibility index (Phi) is 14.6. The number of nitrogens with one attached hydrogen (secondary N) is 4. The number of thiazole rings is 1. The van der Waals surface area contributed by atoms with Crippen LogP contribution in [0.3, 0.4) is 0 Å². The van der Waals surface area contributed by atoms with Crippen molar-refractivity contribution in [2.24, 2.45) is 5.41 Å². The van der Waals surface area contributed by atoms with Crippen LogP contribution in [0, 0.1) is 17.8 Å². The van der Waals surface area contributed by atoms with Gasteiger partial charge < -0.3 is 40.7 Å². The average molecular weight is 903 g/mol. The minimum Gasteiger partial charge on any atom is -0.449 e. The second-order valence-electron chi connectivity index (χ2n) is 16.6. The quantitative estimate of drug-likeness (QED) is 0.0786. The number of thiophene rings is 1. The molecule has 5 N–H and O–H groups in total. The lowest BCUT2D eigenvalue weighted by Gasteiger charge is -2.35. The number of rotatable bonds is 16. The lowest BCUT2D eigenvalue weighted by Crippen LogP contribution is -2.57. The van der Waals surface area contributed by atoms with Gasteiger partial charge >= 0.3 is 6.09 Å². The summed E-state index contributed by atoms with van der Waals surface area (Å²) in [6.45, 7) is 6.03. The molecule has 5 aromatic rings. The third kappa shape index (κ3) is 10.9. The Morgan fingerprint density at radius 3 is 2.31 bits per heavy atom. The summed E-state index contributed by atoms with van der Waals surface area (Å²) in [5.41, 5.74) is 7.85. The number of terminal acetylenes is 1. The molecule has 5 amide bonds. The van der Waals surface area contributed by atoms with Crippen LogP contribution in [0.1, 0.15) is 70.0 Å². The van der Waals surface area contributed by atoms with Crippen molar-refractivity contribution in [1.29, 1.82) is 0 Å². The maximum absolute atomic E-state index is 14.2. The minimum atomic E-state index is -1.02. The van der Waals surface area contributed by atoms with Gasteiger partial charge in [0.1, 0.15) is 25.3 Å². The SMILES string of the molecule is C#CCNC(=O)COCc1ncsc1-c1ccc(CNC(=O)[C@@H]2C[C@@H](O)CN2C(=O)[C@@H](NC(=O)c2ccc(CNC(=O)OCC3c4ccccc4-c4ccccc43)s2)C(C)(C)C)cc1. The highest BCUT2D eigenvalue weighted by Crippen LogP contribution is 2.44. The van der Waals surface area contributed by atoms with Crippen molar-refractivity contribution >= 4 is 52.4 Å². The summed E-state index contributed by atoms with van der Waals surface area (Å²) in [6, 6.07) is 25.2. The lowest BCUT2D eigenvalue weighted by molar-refractivity contribution is -0.142. The van der Waals surface area contributed by atoms with Gasteiger partial charge in [0.2, 0.25) is 17.7 Å². The number of carbonyl (C=O) groups excluding carboxylic acids is 5. The van der Waals surface area contributed by atoms with Crippen LogP contribution in [0.4, 0.5) is 4.79 Å². The highest BCUT2D eigenvalue weighted by Gasteiger charge is 2.44. The summed E-state index contributed by atoms with van der Waals surface area (Å²) in [5.74, 6) is 0.578. The highest BCUT2D eigenvalue weighted by atomic mass is 32.1. The van der Waals surface area contributed by atoms with Crippen molar-refractivity contribution in [3.8, 4) is 33.9 Å². The van der Waals surface area contributed by atoms with Crippen LogP contribution in [0.25, 0.3) is 21.6 Å². The molecule has 1 saturated heterocycles. The predicted octanol–water partition coefficient (Wildman–Crippen LogP) is 5.60. The molecular weight excluding hydrogens is 853 g/mol. The number of nitrogens with zero attached hydrogens (tertiary/aromatic N) is 2. The topological polar surface area (TPSA) is 188 Å². The summed E-state index contributed by atoms with van der Waals surface area (Å²) in [7, 11) is 0. The van der Waals surface area contributed by atoms with Crippen LogP contribution in [0.5, 0.6) is 0 Å². The Morgan fingerprint density at radius 1 is 0.922 bits per heavy atom. The number of hydrogen-bond donors (Lipinski definition) is 5. The minimum absolute atomic E-state index is 0.0497. The fourth-order valence-corrected chi connectivity index (χ4v) is 9.51. The fraction of sp³-hybridized carbons (Fsp3) is 0.333. The summed E-state index contributed by atoms with van der Waals surface area (Å²) in [6.07, 6.45) is 3.73. The summed E-state index contributed by atoms with van der Waals surface area (Å²) in [5, 5.41) is 21.8. The molecular formula is C48H50N6O8S2. The molecule has 16 heteroatoms. The van der Waals surface area contributed by atoms with Crippen LogP contribution >= 0.6 is 22.7 Å². The molecule has 3 aromatic carbocycles. The zero-order valence-electron chi connectivity index (χ0n) is 35.7. The summed E-state index contributed by atoms with van der Waals surface area (Å²) in [4.78, 5) is 73.8. The third-order valence-electron chi connectivity index (χ3n) is 11.1. The maximum Gasteiger partial charge on any atom is 0.407 e. The molecule has 332 valence electrons. The van der Waals surface area contributed by atoms with Gasteiger partial charge in [0, 0.05) is 30.3 Å². The number of ether oxygens (including phenoxy) is 2. The summed E-state index contributed by atoms with van der Waals surface area (Å²) >= 11 is 2.62. The van der Waals surface area contributed by atoms with E-state index in [-0.39, 0.29) is 64.2 Å². The van der Waals surface area contributed by atoms with Crippen LogP contribution < -0.4 is 21.3 Å². The molecule has 14 nitrogen and oxygen atoms in total. The number of alkyl carbamates (subject to hydrolysis) is 1. The van der Waals surface area contributed by atoms with E-state index in [1.165, 1.54) is 27.6 Å². The van der Waals surface area contributed by atoms with Gasteiger partial charge in [-0.2, -0.15) is 0 Å². The van der Waals surface area contributed by atoms with E-state index in [4.69, 9.17) is 15.9 Å². The van der Waals surface area contributed by atoms with E-state index in [9.17, 15) is 29.1 Å². The molecule has 1 aliphatic heterocycles. The number of aromatic nitrogens is 1. The predicted molar refractivity (Wildman–Crippen MR) is 244 cm³/mol. The van der Waals surface area contributed by atoms with E-state index in [1.807, 2.05) is 69.3 Å². The molecule has 1 aliphatic carbocycles. The molecule has 0 radical (unpaired) electrons. The Hall–Kier alpha value is -6.38. The molecule has 0 unspecified atom stereocenters. The highest BCUT2D eigenvalue weighted by molar-refractivity contribution is 7.14.